The van der Waals surface area contributed by atoms with Crippen LogP contribution in [0.2, 0.25) is 0 Å². The number of ether oxygens (including phenoxy) is 1. The van der Waals surface area contributed by atoms with Crippen LogP contribution in [0.5, 0.6) is 5.75 Å². The number of nitrogens with one attached hydrogen (secondary N) is 2. The van der Waals surface area contributed by atoms with Crippen molar-refractivity contribution in [2.75, 3.05) is 11.9 Å². The molecule has 6 nitrogen and oxygen atoms in total. The first-order valence-electron chi connectivity index (χ1n) is 11.2. The van der Waals surface area contributed by atoms with Crippen molar-refractivity contribution in [2.45, 2.75) is 43.0 Å². The molecule has 1 atom stereocenters. The summed E-state index contributed by atoms with van der Waals surface area (Å²) in [5, 5.41) is 3.89. The van der Waals surface area contributed by atoms with Crippen molar-refractivity contribution in [1.29, 1.82) is 0 Å². The number of H-pyrrole nitrogens is 1. The molecule has 2 aliphatic rings. The monoisotopic (exact) mass is 459 g/mol. The molecule has 168 valence electrons. The molecule has 1 aromatic heterocycles. The second-order valence-corrected chi connectivity index (χ2v) is 9.10. The molecular weight excluding hydrogens is 434 g/mol. The number of hydrogen-bond donors (Lipinski definition) is 2. The Balaban J connectivity index is 1.54. The smallest absolute Gasteiger partial charge is 0.257 e. The second-order valence-electron chi connectivity index (χ2n) is 8.14. The van der Waals surface area contributed by atoms with Gasteiger partial charge in [-0.25, -0.2) is 4.98 Å². The van der Waals surface area contributed by atoms with Crippen molar-refractivity contribution in [2.24, 2.45) is 0 Å². The van der Waals surface area contributed by atoms with Crippen molar-refractivity contribution in [1.82, 2.24) is 9.97 Å². The molecule has 2 N–H and O–H groups in total. The Kier molecular flexibility index (Phi) is 6.05. The molecule has 2 aromatic carbocycles. The molecule has 5 rings (SSSR count). The molecule has 2 heterocycles. The average Bonchev–Trinajstić information content (AvgIpc) is 2.83. The van der Waals surface area contributed by atoms with Crippen LogP contribution >= 0.6 is 11.8 Å². The number of hydrogen-bond acceptors (Lipinski definition) is 6. The molecule has 7 heteroatoms. The van der Waals surface area contributed by atoms with Crippen molar-refractivity contribution >= 4 is 23.4 Å². The Morgan fingerprint density at radius 2 is 1.85 bits per heavy atom. The summed E-state index contributed by atoms with van der Waals surface area (Å²) in [6.07, 6.45) is 2.07. The topological polar surface area (TPSA) is 84.1 Å². The molecule has 0 fully saturated rings. The summed E-state index contributed by atoms with van der Waals surface area (Å²) in [5.74, 6) is 1.66. The van der Waals surface area contributed by atoms with Crippen LogP contribution in [0.1, 0.15) is 48.8 Å². The number of anilines is 1. The molecule has 0 bridgehead atoms. The number of rotatable bonds is 6. The molecule has 1 aliphatic carbocycles. The third kappa shape index (κ3) is 4.33. The average molecular weight is 460 g/mol. The van der Waals surface area contributed by atoms with E-state index in [-0.39, 0.29) is 11.3 Å². The lowest BCUT2D eigenvalue weighted by molar-refractivity contribution is -0.116. The van der Waals surface area contributed by atoms with E-state index in [0.717, 1.165) is 35.4 Å². The number of nitrogens with zero attached hydrogens (tertiary/aromatic N) is 1. The first kappa shape index (κ1) is 21.5. The first-order valence-corrected chi connectivity index (χ1v) is 12.2. The Morgan fingerprint density at radius 1 is 1.06 bits per heavy atom. The van der Waals surface area contributed by atoms with Gasteiger partial charge in [0.15, 0.2) is 10.9 Å². The third-order valence-corrected chi connectivity index (χ3v) is 6.92. The van der Waals surface area contributed by atoms with E-state index in [4.69, 9.17) is 9.72 Å². The Hall–Kier alpha value is -3.32. The lowest BCUT2D eigenvalue weighted by atomic mass is 9.76. The molecule has 33 heavy (non-hydrogen) atoms. The summed E-state index contributed by atoms with van der Waals surface area (Å²) < 4.78 is 5.57. The Morgan fingerprint density at radius 3 is 2.61 bits per heavy atom. The van der Waals surface area contributed by atoms with E-state index >= 15 is 0 Å². The van der Waals surface area contributed by atoms with Gasteiger partial charge in [0.25, 0.3) is 5.56 Å². The van der Waals surface area contributed by atoms with Gasteiger partial charge in [0, 0.05) is 29.4 Å². The summed E-state index contributed by atoms with van der Waals surface area (Å²) >= 11 is 1.49. The molecule has 0 radical (unpaired) electrons. The molecule has 0 saturated carbocycles. The van der Waals surface area contributed by atoms with Crippen LogP contribution in [0.15, 0.2) is 75.8 Å². The van der Waals surface area contributed by atoms with Gasteiger partial charge in [0.1, 0.15) is 11.6 Å². The van der Waals surface area contributed by atoms with Crippen LogP contribution in [0, 0.1) is 0 Å². The molecule has 0 saturated heterocycles. The largest absolute Gasteiger partial charge is 0.494 e. The minimum Gasteiger partial charge on any atom is -0.494 e. The maximum atomic E-state index is 13.3. The molecule has 1 unspecified atom stereocenters. The zero-order valence-electron chi connectivity index (χ0n) is 18.4. The minimum absolute atomic E-state index is 0.0928. The van der Waals surface area contributed by atoms with Crippen LogP contribution < -0.4 is 15.6 Å². The normalized spacial score (nSPS) is 17.2. The summed E-state index contributed by atoms with van der Waals surface area (Å²) in [6, 6.07) is 17.7. The number of thioether (sulfide) groups is 1. The molecule has 0 spiro atoms. The van der Waals surface area contributed by atoms with Crippen molar-refractivity contribution in [3.63, 3.8) is 0 Å². The van der Waals surface area contributed by atoms with Gasteiger partial charge in [-0.1, -0.05) is 54.2 Å². The van der Waals surface area contributed by atoms with Crippen molar-refractivity contribution < 1.29 is 9.53 Å². The predicted molar refractivity (Wildman–Crippen MR) is 130 cm³/mol. The number of ketones is 1. The van der Waals surface area contributed by atoms with Crippen LogP contribution in [0.3, 0.4) is 0 Å². The molecule has 0 amide bonds. The standard InChI is InChI=1S/C26H25N3O3S/c1-2-32-18-13-11-17(12-14-18)21-22-19(9-6-10-20(22)30)27-24-23(21)25(31)29-26(28-24)33-15-16-7-4-3-5-8-16/h3-5,7-8,11-14,21H,2,6,9-10,15H2,1H3,(H2,27,28,29,31). The summed E-state index contributed by atoms with van der Waals surface area (Å²) in [7, 11) is 0. The number of carbonyl (C=O) groups is 1. The fourth-order valence-electron chi connectivity index (χ4n) is 4.49. The van der Waals surface area contributed by atoms with Gasteiger partial charge in [0.05, 0.1) is 12.2 Å². The third-order valence-electron chi connectivity index (χ3n) is 5.98. The maximum Gasteiger partial charge on any atom is 0.257 e. The highest BCUT2D eigenvalue weighted by molar-refractivity contribution is 7.98. The Bertz CT molecular complexity index is 1270. The fraction of sp³-hybridized carbons (Fsp3) is 0.269. The van der Waals surface area contributed by atoms with E-state index in [9.17, 15) is 9.59 Å². The lowest BCUT2D eigenvalue weighted by Crippen LogP contribution is -2.32. The SMILES string of the molecule is CCOc1ccc(C2C3=C(CCCC3=O)Nc3nc(SCc4ccccc4)[nH]c(=O)c32)cc1. The molecule has 1 aliphatic heterocycles. The summed E-state index contributed by atoms with van der Waals surface area (Å²) in [5.41, 5.74) is 3.90. The molecule has 3 aromatic rings. The number of Topliss-reactive ketones (excluding diaryl/α,β-unsaturated/α-hetero) is 1. The van der Waals surface area contributed by atoms with Gasteiger partial charge in [-0.2, -0.15) is 0 Å². The minimum atomic E-state index is -0.441. The van der Waals surface area contributed by atoms with Gasteiger partial charge in [0.2, 0.25) is 0 Å². The van der Waals surface area contributed by atoms with Gasteiger partial charge >= 0.3 is 0 Å². The predicted octanol–water partition coefficient (Wildman–Crippen LogP) is 5.03. The first-order chi connectivity index (χ1) is 16.1. The highest BCUT2D eigenvalue weighted by Crippen LogP contribution is 2.43. The quantitative estimate of drug-likeness (QED) is 0.398. The van der Waals surface area contributed by atoms with Gasteiger partial charge in [-0.15, -0.1) is 0 Å². The van der Waals surface area contributed by atoms with E-state index in [1.807, 2.05) is 49.4 Å². The van der Waals surface area contributed by atoms with E-state index in [2.05, 4.69) is 22.4 Å². The van der Waals surface area contributed by atoms with E-state index < -0.39 is 5.92 Å². The number of fused-ring (bicyclic) bond motifs is 1. The number of aromatic amines is 1. The molecular formula is C26H25N3O3S. The zero-order chi connectivity index (χ0) is 22.8. The van der Waals surface area contributed by atoms with Crippen molar-refractivity contribution in [3.8, 4) is 5.75 Å². The summed E-state index contributed by atoms with van der Waals surface area (Å²) in [4.78, 5) is 34.0. The van der Waals surface area contributed by atoms with E-state index in [0.29, 0.717) is 40.9 Å². The Labute approximate surface area is 196 Å². The number of carbonyl (C=O) groups excluding carboxylic acids is 1. The van der Waals surface area contributed by atoms with Crippen LogP contribution in [0.4, 0.5) is 5.82 Å². The number of aromatic nitrogens is 2. The van der Waals surface area contributed by atoms with Gasteiger partial charge in [-0.05, 0) is 43.0 Å². The van der Waals surface area contributed by atoms with Crippen LogP contribution in [-0.4, -0.2) is 22.4 Å². The maximum absolute atomic E-state index is 13.3. The lowest BCUT2D eigenvalue weighted by Gasteiger charge is -2.32. The highest BCUT2D eigenvalue weighted by Gasteiger charge is 2.37. The number of benzene rings is 2. The second kappa shape index (κ2) is 9.27. The van der Waals surface area contributed by atoms with Crippen LogP contribution in [-0.2, 0) is 10.5 Å². The van der Waals surface area contributed by atoms with Gasteiger partial charge in [-0.3, -0.25) is 9.59 Å². The number of allylic oxidation sites excluding steroid dienone is 2. The van der Waals surface area contributed by atoms with Crippen molar-refractivity contribution in [3.05, 3.63) is 92.9 Å². The fourth-order valence-corrected chi connectivity index (χ4v) is 5.31. The van der Waals surface area contributed by atoms with E-state index in [1.54, 1.807) is 0 Å². The van der Waals surface area contributed by atoms with E-state index in [1.165, 1.54) is 11.8 Å². The zero-order valence-corrected chi connectivity index (χ0v) is 19.2. The van der Waals surface area contributed by atoms with Gasteiger partial charge < -0.3 is 15.0 Å². The highest BCUT2D eigenvalue weighted by atomic mass is 32.2. The van der Waals surface area contributed by atoms with Crippen LogP contribution in [0.25, 0.3) is 0 Å². The summed E-state index contributed by atoms with van der Waals surface area (Å²) in [6.45, 7) is 2.52.